The molecule has 0 saturated heterocycles. The van der Waals surface area contributed by atoms with E-state index < -0.39 is 5.82 Å². The predicted molar refractivity (Wildman–Crippen MR) is 122 cm³/mol. The summed E-state index contributed by atoms with van der Waals surface area (Å²) in [7, 11) is 1.57. The highest BCUT2D eigenvalue weighted by atomic mass is 32.1. The number of benzene rings is 2. The van der Waals surface area contributed by atoms with Crippen molar-refractivity contribution in [1.82, 2.24) is 15.6 Å². The van der Waals surface area contributed by atoms with Crippen molar-refractivity contribution in [3.63, 3.8) is 0 Å². The number of carbonyl (C=O) groups is 3. The van der Waals surface area contributed by atoms with Crippen molar-refractivity contribution in [2.75, 3.05) is 7.05 Å². The topological polar surface area (TPSA) is 114 Å². The van der Waals surface area contributed by atoms with Crippen molar-refractivity contribution in [1.29, 1.82) is 0 Å². The van der Waals surface area contributed by atoms with Crippen LogP contribution in [0.15, 0.2) is 41.9 Å². The summed E-state index contributed by atoms with van der Waals surface area (Å²) < 4.78 is 14.7. The fourth-order valence-electron chi connectivity index (χ4n) is 3.18. The Labute approximate surface area is 188 Å². The third-order valence-corrected chi connectivity index (χ3v) is 5.79. The van der Waals surface area contributed by atoms with Crippen molar-refractivity contribution in [3.8, 4) is 21.7 Å². The number of nitrogens with two attached hydrogens (primary N) is 1. The average Bonchev–Trinajstić information content (AvgIpc) is 3.43. The first-order valence-electron chi connectivity index (χ1n) is 9.92. The van der Waals surface area contributed by atoms with E-state index in [0.717, 1.165) is 29.0 Å². The Balaban J connectivity index is 0.000000913. The lowest BCUT2D eigenvalue weighted by Gasteiger charge is -2.15. The zero-order chi connectivity index (χ0) is 23.3. The molecule has 0 spiro atoms. The third-order valence-electron chi connectivity index (χ3n) is 4.98. The largest absolute Gasteiger partial charge is 0.372 e. The van der Waals surface area contributed by atoms with Crippen LogP contribution in [-0.2, 0) is 4.79 Å². The molecule has 4 rings (SSSR count). The number of nitrogens with zero attached hydrogens (tertiary/aromatic N) is 1. The van der Waals surface area contributed by atoms with Gasteiger partial charge in [0.05, 0.1) is 0 Å². The Morgan fingerprint density at radius 1 is 1.12 bits per heavy atom. The monoisotopic (exact) mass is 454 g/mol. The van der Waals surface area contributed by atoms with Gasteiger partial charge in [0, 0.05) is 41.4 Å². The molecule has 1 aliphatic carbocycles. The summed E-state index contributed by atoms with van der Waals surface area (Å²) in [6.07, 6.45) is 3.85. The summed E-state index contributed by atoms with van der Waals surface area (Å²) in [5.74, 6) is -0.927. The molecular weight excluding hydrogens is 431 g/mol. The number of halogens is 1. The minimum atomic E-state index is -0.441. The fraction of sp³-hybridized carbons (Fsp3) is 0.217. The maximum atomic E-state index is 14.7. The normalized spacial score (nSPS) is 12.3. The molecule has 9 heteroatoms. The lowest BCUT2D eigenvalue weighted by Crippen LogP contribution is -2.25. The van der Waals surface area contributed by atoms with E-state index in [1.807, 2.05) is 5.38 Å². The molecule has 0 bridgehead atoms. The molecular formula is C23H23FN4O3S. The van der Waals surface area contributed by atoms with Crippen molar-refractivity contribution in [2.45, 2.75) is 25.8 Å². The van der Waals surface area contributed by atoms with Crippen LogP contribution in [0.3, 0.4) is 0 Å². The maximum Gasteiger partial charge on any atom is 0.251 e. The zero-order valence-corrected chi connectivity index (χ0v) is 18.5. The fourth-order valence-corrected chi connectivity index (χ4v) is 3.85. The van der Waals surface area contributed by atoms with Crippen LogP contribution in [0.2, 0.25) is 0 Å². The number of nitrogens with one attached hydrogen (secondary N) is 2. The predicted octanol–water partition coefficient (Wildman–Crippen LogP) is 3.28. The number of thiazole rings is 1. The van der Waals surface area contributed by atoms with Gasteiger partial charge in [-0.05, 0) is 60.7 Å². The van der Waals surface area contributed by atoms with Gasteiger partial charge in [-0.3, -0.25) is 14.4 Å². The van der Waals surface area contributed by atoms with Crippen LogP contribution in [0, 0.1) is 12.7 Å². The Bertz CT molecular complexity index is 1140. The summed E-state index contributed by atoms with van der Waals surface area (Å²) in [5.41, 5.74) is 7.45. The van der Waals surface area contributed by atoms with Crippen molar-refractivity contribution in [2.24, 2.45) is 5.73 Å². The number of carbonyl (C=O) groups excluding carboxylic acids is 3. The number of hydrogen-bond donors (Lipinski definition) is 3. The van der Waals surface area contributed by atoms with E-state index in [1.165, 1.54) is 17.4 Å². The lowest BCUT2D eigenvalue weighted by molar-refractivity contribution is -0.106. The van der Waals surface area contributed by atoms with E-state index in [-0.39, 0.29) is 29.8 Å². The van der Waals surface area contributed by atoms with Gasteiger partial charge in [0.1, 0.15) is 10.8 Å². The molecule has 1 fully saturated rings. The summed E-state index contributed by atoms with van der Waals surface area (Å²) in [4.78, 5) is 37.6. The first-order chi connectivity index (χ1) is 15.4. The van der Waals surface area contributed by atoms with E-state index >= 15 is 0 Å². The number of primary amides is 1. The molecule has 1 aliphatic rings. The standard InChI is InChI=1S/C22H20FN3O2S.CH3NO/c1-12-17(10-14(11-19(12)23)21(28)26-15-4-5-15)16-6-3-13(20(27)24-2)9-18(16)22-25-7-8-29-22;2-1-3/h3,6-11,15H,4-5H2,1-2H3,(H,24,27)(H,26,28);1H,(H2,2,3). The molecule has 32 heavy (non-hydrogen) atoms. The zero-order valence-electron chi connectivity index (χ0n) is 17.6. The molecule has 0 atom stereocenters. The first-order valence-corrected chi connectivity index (χ1v) is 10.8. The van der Waals surface area contributed by atoms with Crippen molar-refractivity contribution < 1.29 is 18.8 Å². The van der Waals surface area contributed by atoms with Gasteiger partial charge in [-0.15, -0.1) is 11.3 Å². The molecule has 7 nitrogen and oxygen atoms in total. The molecule has 4 N–H and O–H groups in total. The Hall–Kier alpha value is -3.59. The van der Waals surface area contributed by atoms with E-state index in [1.54, 1.807) is 44.4 Å². The van der Waals surface area contributed by atoms with Crippen LogP contribution in [0.25, 0.3) is 21.7 Å². The summed E-state index contributed by atoms with van der Waals surface area (Å²) in [5, 5.41) is 8.08. The molecule has 0 radical (unpaired) electrons. The molecule has 0 unspecified atom stereocenters. The molecule has 1 aromatic heterocycles. The van der Waals surface area contributed by atoms with Crippen LogP contribution in [0.4, 0.5) is 4.39 Å². The van der Waals surface area contributed by atoms with Gasteiger partial charge in [-0.25, -0.2) is 9.37 Å². The Morgan fingerprint density at radius 3 is 2.41 bits per heavy atom. The van der Waals surface area contributed by atoms with Gasteiger partial charge in [0.2, 0.25) is 6.41 Å². The molecule has 3 aromatic rings. The van der Waals surface area contributed by atoms with Crippen LogP contribution >= 0.6 is 11.3 Å². The SMILES string of the molecule is CNC(=O)c1ccc(-c2cc(C(=O)NC3CC3)cc(F)c2C)c(-c2nccs2)c1.NC=O. The van der Waals surface area contributed by atoms with Gasteiger partial charge < -0.3 is 16.4 Å². The van der Waals surface area contributed by atoms with E-state index in [9.17, 15) is 14.0 Å². The third kappa shape index (κ3) is 5.17. The van der Waals surface area contributed by atoms with Crippen LogP contribution in [-0.4, -0.2) is 36.3 Å². The molecule has 2 aromatic carbocycles. The van der Waals surface area contributed by atoms with E-state index in [0.29, 0.717) is 16.7 Å². The highest BCUT2D eigenvalue weighted by Crippen LogP contribution is 2.37. The second kappa shape index (κ2) is 10.1. The number of amides is 3. The van der Waals surface area contributed by atoms with Crippen molar-refractivity contribution in [3.05, 3.63) is 64.4 Å². The Morgan fingerprint density at radius 2 is 1.81 bits per heavy atom. The van der Waals surface area contributed by atoms with Gasteiger partial charge in [0.15, 0.2) is 0 Å². The van der Waals surface area contributed by atoms with Gasteiger partial charge in [0.25, 0.3) is 11.8 Å². The van der Waals surface area contributed by atoms with Crippen LogP contribution in [0.1, 0.15) is 39.1 Å². The van der Waals surface area contributed by atoms with Crippen LogP contribution in [0.5, 0.6) is 0 Å². The quantitative estimate of drug-likeness (QED) is 0.513. The van der Waals surface area contributed by atoms with Crippen molar-refractivity contribution >= 4 is 29.6 Å². The number of hydrogen-bond acceptors (Lipinski definition) is 5. The highest BCUT2D eigenvalue weighted by Gasteiger charge is 2.25. The first kappa shape index (κ1) is 23.1. The summed E-state index contributed by atoms with van der Waals surface area (Å²) >= 11 is 1.43. The minimum absolute atomic E-state index is 0.188. The number of rotatable bonds is 5. The average molecular weight is 455 g/mol. The lowest BCUT2D eigenvalue weighted by atomic mass is 9.92. The molecule has 1 saturated carbocycles. The summed E-state index contributed by atoms with van der Waals surface area (Å²) in [6, 6.07) is 8.40. The van der Waals surface area contributed by atoms with Gasteiger partial charge >= 0.3 is 0 Å². The van der Waals surface area contributed by atoms with Gasteiger partial charge in [-0.1, -0.05) is 6.07 Å². The van der Waals surface area contributed by atoms with Gasteiger partial charge in [-0.2, -0.15) is 0 Å². The summed E-state index contributed by atoms with van der Waals surface area (Å²) in [6.45, 7) is 1.69. The number of aromatic nitrogens is 1. The van der Waals surface area contributed by atoms with E-state index in [4.69, 9.17) is 4.79 Å². The van der Waals surface area contributed by atoms with Crippen LogP contribution < -0.4 is 16.4 Å². The minimum Gasteiger partial charge on any atom is -0.372 e. The molecule has 3 amide bonds. The second-order valence-corrected chi connectivity index (χ2v) is 8.09. The van der Waals surface area contributed by atoms with E-state index in [2.05, 4.69) is 21.4 Å². The second-order valence-electron chi connectivity index (χ2n) is 7.19. The molecule has 166 valence electrons. The molecule has 1 heterocycles. The smallest absolute Gasteiger partial charge is 0.251 e. The Kier molecular flexibility index (Phi) is 7.32. The maximum absolute atomic E-state index is 14.7. The molecule has 0 aliphatic heterocycles. The highest BCUT2D eigenvalue weighted by molar-refractivity contribution is 7.13.